The van der Waals surface area contributed by atoms with Crippen LogP contribution < -0.4 is 5.32 Å². The Balaban J connectivity index is 1.39. The second-order valence-electron chi connectivity index (χ2n) is 7.51. The van der Waals surface area contributed by atoms with Crippen molar-refractivity contribution in [3.05, 3.63) is 87.9 Å². The Morgan fingerprint density at radius 2 is 1.91 bits per heavy atom. The van der Waals surface area contributed by atoms with Gasteiger partial charge >= 0.3 is 0 Å². The number of thiophene rings is 1. The van der Waals surface area contributed by atoms with Crippen molar-refractivity contribution in [2.75, 3.05) is 0 Å². The molecule has 2 aliphatic rings. The largest absolute Gasteiger partial charge is 0.351 e. The number of amides is 2. The molecule has 2 aromatic carbocycles. The predicted molar refractivity (Wildman–Crippen MR) is 129 cm³/mol. The SMILES string of the molecule is O=C(CC1C(=O)N=C2c3ccccc3N=C(SCc3ccccc3F)N21)NCc1cccs1. The van der Waals surface area contributed by atoms with E-state index in [0.29, 0.717) is 34.6 Å². The number of hydrogen-bond donors (Lipinski definition) is 1. The lowest BCUT2D eigenvalue weighted by atomic mass is 10.1. The van der Waals surface area contributed by atoms with Crippen LogP contribution in [-0.4, -0.2) is 33.8 Å². The van der Waals surface area contributed by atoms with E-state index in [2.05, 4.69) is 10.3 Å². The number of benzene rings is 2. The van der Waals surface area contributed by atoms with Crippen LogP contribution in [0.25, 0.3) is 0 Å². The van der Waals surface area contributed by atoms with E-state index in [1.165, 1.54) is 17.8 Å². The fourth-order valence-corrected chi connectivity index (χ4v) is 5.39. The monoisotopic (exact) mass is 478 g/mol. The molecular weight excluding hydrogens is 459 g/mol. The number of carbonyl (C=O) groups is 2. The molecule has 3 heterocycles. The number of halogens is 1. The molecule has 3 aromatic rings. The minimum absolute atomic E-state index is 0.0430. The second kappa shape index (κ2) is 9.29. The average Bonchev–Trinajstić information content (AvgIpc) is 3.45. The molecule has 0 aliphatic carbocycles. The topological polar surface area (TPSA) is 74.1 Å². The first-order valence-corrected chi connectivity index (χ1v) is 12.2. The van der Waals surface area contributed by atoms with E-state index < -0.39 is 6.04 Å². The maximum absolute atomic E-state index is 14.2. The molecule has 0 spiro atoms. The number of para-hydroxylation sites is 1. The van der Waals surface area contributed by atoms with Gasteiger partial charge in [0.1, 0.15) is 17.7 Å². The third-order valence-electron chi connectivity index (χ3n) is 5.34. The van der Waals surface area contributed by atoms with Crippen LogP contribution in [0, 0.1) is 5.82 Å². The number of amidine groups is 2. The highest BCUT2D eigenvalue weighted by molar-refractivity contribution is 8.13. The van der Waals surface area contributed by atoms with Gasteiger partial charge < -0.3 is 5.32 Å². The minimum atomic E-state index is -0.788. The van der Waals surface area contributed by atoms with Gasteiger partial charge in [0.2, 0.25) is 5.91 Å². The number of fused-ring (bicyclic) bond motifs is 3. The highest BCUT2D eigenvalue weighted by atomic mass is 32.2. The molecule has 2 amide bonds. The molecule has 5 rings (SSSR count). The van der Waals surface area contributed by atoms with Crippen molar-refractivity contribution in [3.8, 4) is 0 Å². The first-order chi connectivity index (χ1) is 16.1. The van der Waals surface area contributed by atoms with E-state index in [1.807, 2.05) is 41.8 Å². The van der Waals surface area contributed by atoms with E-state index in [-0.39, 0.29) is 24.1 Å². The summed E-state index contributed by atoms with van der Waals surface area (Å²) in [7, 11) is 0. The molecule has 1 unspecified atom stereocenters. The molecule has 0 radical (unpaired) electrons. The molecule has 9 heteroatoms. The summed E-state index contributed by atoms with van der Waals surface area (Å²) in [5.74, 6) is -0.0961. The van der Waals surface area contributed by atoms with Crippen molar-refractivity contribution >= 4 is 51.6 Å². The van der Waals surface area contributed by atoms with Crippen molar-refractivity contribution < 1.29 is 14.0 Å². The Morgan fingerprint density at radius 3 is 2.73 bits per heavy atom. The lowest BCUT2D eigenvalue weighted by molar-refractivity contribution is -0.126. The van der Waals surface area contributed by atoms with Crippen LogP contribution in [0.3, 0.4) is 0 Å². The molecule has 2 aliphatic heterocycles. The van der Waals surface area contributed by atoms with Crippen LogP contribution in [0.4, 0.5) is 10.1 Å². The number of thioether (sulfide) groups is 1. The van der Waals surface area contributed by atoms with Crippen molar-refractivity contribution in [3.63, 3.8) is 0 Å². The van der Waals surface area contributed by atoms with Gasteiger partial charge in [0.15, 0.2) is 5.17 Å². The van der Waals surface area contributed by atoms with Gasteiger partial charge in [-0.3, -0.25) is 14.5 Å². The summed E-state index contributed by atoms with van der Waals surface area (Å²) in [6.45, 7) is 0.414. The predicted octanol–water partition coefficient (Wildman–Crippen LogP) is 4.49. The van der Waals surface area contributed by atoms with E-state index in [1.54, 1.807) is 34.4 Å². The van der Waals surface area contributed by atoms with E-state index in [9.17, 15) is 14.0 Å². The summed E-state index contributed by atoms with van der Waals surface area (Å²) >= 11 is 2.88. The van der Waals surface area contributed by atoms with Crippen LogP contribution in [0.1, 0.15) is 22.4 Å². The maximum Gasteiger partial charge on any atom is 0.271 e. The lowest BCUT2D eigenvalue weighted by Gasteiger charge is -2.30. The Bertz CT molecular complexity index is 1270. The summed E-state index contributed by atoms with van der Waals surface area (Å²) in [5, 5.41) is 5.35. The minimum Gasteiger partial charge on any atom is -0.351 e. The molecular formula is C24H19FN4O2S2. The van der Waals surface area contributed by atoms with Crippen molar-refractivity contribution in [1.82, 2.24) is 10.2 Å². The third-order valence-corrected chi connectivity index (χ3v) is 7.22. The Hall–Kier alpha value is -3.30. The third kappa shape index (κ3) is 4.46. The standard InChI is InChI=1S/C24H19FN4O2S2/c25-18-9-3-1-6-15(18)14-33-24-27-19-10-4-2-8-17(19)22-28-23(31)20(29(22)24)12-21(30)26-13-16-7-5-11-32-16/h1-11,20H,12-14H2,(H,26,30). The molecule has 6 nitrogen and oxygen atoms in total. The zero-order chi connectivity index (χ0) is 22.8. The lowest BCUT2D eigenvalue weighted by Crippen LogP contribution is -2.45. The highest BCUT2D eigenvalue weighted by Crippen LogP contribution is 2.35. The average molecular weight is 479 g/mol. The second-order valence-corrected chi connectivity index (χ2v) is 9.49. The van der Waals surface area contributed by atoms with Gasteiger partial charge in [-0.05, 0) is 35.2 Å². The van der Waals surface area contributed by atoms with Crippen molar-refractivity contribution in [2.24, 2.45) is 9.98 Å². The molecule has 1 N–H and O–H groups in total. The summed E-state index contributed by atoms with van der Waals surface area (Å²) < 4.78 is 14.2. The quantitative estimate of drug-likeness (QED) is 0.567. The van der Waals surface area contributed by atoms with Crippen molar-refractivity contribution in [2.45, 2.75) is 24.8 Å². The van der Waals surface area contributed by atoms with E-state index in [0.717, 1.165) is 10.4 Å². The summed E-state index contributed by atoms with van der Waals surface area (Å²) in [4.78, 5) is 37.3. The first-order valence-electron chi connectivity index (χ1n) is 10.4. The molecule has 0 saturated carbocycles. The number of rotatable bonds is 6. The summed E-state index contributed by atoms with van der Waals surface area (Å²) in [6.07, 6.45) is -0.0430. The Kier molecular flexibility index (Phi) is 6.06. The number of carbonyl (C=O) groups excluding carboxylic acids is 2. The molecule has 0 saturated heterocycles. The normalized spacial score (nSPS) is 16.7. The van der Waals surface area contributed by atoms with E-state index in [4.69, 9.17) is 4.99 Å². The van der Waals surface area contributed by atoms with Gasteiger partial charge in [-0.25, -0.2) is 9.38 Å². The number of nitrogens with zero attached hydrogens (tertiary/aromatic N) is 3. The van der Waals surface area contributed by atoms with Crippen molar-refractivity contribution in [1.29, 1.82) is 0 Å². The van der Waals surface area contributed by atoms with Gasteiger partial charge in [0.05, 0.1) is 18.7 Å². The number of hydrogen-bond acceptors (Lipinski definition) is 6. The fourth-order valence-electron chi connectivity index (χ4n) is 3.71. The molecule has 1 atom stereocenters. The van der Waals surface area contributed by atoms with E-state index >= 15 is 0 Å². The van der Waals surface area contributed by atoms with Gasteiger partial charge in [-0.2, -0.15) is 4.99 Å². The van der Waals surface area contributed by atoms with Gasteiger partial charge in [-0.1, -0.05) is 48.2 Å². The van der Waals surface area contributed by atoms with Gasteiger partial charge in [0, 0.05) is 16.2 Å². The smallest absolute Gasteiger partial charge is 0.271 e. The summed E-state index contributed by atoms with van der Waals surface area (Å²) in [5.41, 5.74) is 1.97. The molecule has 33 heavy (non-hydrogen) atoms. The number of nitrogens with one attached hydrogen (secondary N) is 1. The zero-order valence-corrected chi connectivity index (χ0v) is 19.0. The maximum atomic E-state index is 14.2. The van der Waals surface area contributed by atoms with Crippen LogP contribution in [0.5, 0.6) is 0 Å². The zero-order valence-electron chi connectivity index (χ0n) is 17.4. The Morgan fingerprint density at radius 1 is 1.09 bits per heavy atom. The number of aliphatic imine (C=N–C) groups is 2. The molecule has 166 valence electrons. The van der Waals surface area contributed by atoms with Crippen LogP contribution >= 0.6 is 23.1 Å². The fraction of sp³-hybridized carbons (Fsp3) is 0.167. The van der Waals surface area contributed by atoms with Crippen LogP contribution in [0.15, 0.2) is 76.0 Å². The van der Waals surface area contributed by atoms with Gasteiger partial charge in [-0.15, -0.1) is 11.3 Å². The van der Waals surface area contributed by atoms with Crippen LogP contribution in [0.2, 0.25) is 0 Å². The summed E-state index contributed by atoms with van der Waals surface area (Å²) in [6, 6.07) is 17.1. The molecule has 0 fully saturated rings. The van der Waals surface area contributed by atoms with Crippen LogP contribution in [-0.2, 0) is 21.9 Å². The van der Waals surface area contributed by atoms with Gasteiger partial charge in [0.25, 0.3) is 5.91 Å². The highest BCUT2D eigenvalue weighted by Gasteiger charge is 2.42. The molecule has 0 bridgehead atoms. The molecule has 1 aromatic heterocycles. The first kappa shape index (κ1) is 21.5. The Labute approximate surface area is 198 Å².